The van der Waals surface area contributed by atoms with Gasteiger partial charge in [0.15, 0.2) is 29.4 Å². The van der Waals surface area contributed by atoms with Crippen molar-refractivity contribution in [1.29, 1.82) is 0 Å². The van der Waals surface area contributed by atoms with E-state index in [2.05, 4.69) is 25.8 Å². The zero-order valence-electron chi connectivity index (χ0n) is 19.2. The maximum atomic E-state index is 13.2. The molecule has 1 aliphatic rings. The molecule has 14 nitrogen and oxygen atoms in total. The third-order valence-electron chi connectivity index (χ3n) is 5.59. The van der Waals surface area contributed by atoms with E-state index in [9.17, 15) is 14.7 Å². The van der Waals surface area contributed by atoms with Crippen molar-refractivity contribution < 1.29 is 28.7 Å². The molecule has 2 amide bonds. The highest BCUT2D eigenvalue weighted by Crippen LogP contribution is 2.26. The van der Waals surface area contributed by atoms with Gasteiger partial charge in [-0.1, -0.05) is 5.16 Å². The number of nitrogens with one attached hydrogen (secondary N) is 1. The molecule has 0 saturated carbocycles. The second-order valence-electron chi connectivity index (χ2n) is 8.10. The number of carbonyl (C=O) groups is 2. The van der Waals surface area contributed by atoms with Crippen molar-refractivity contribution in [2.75, 3.05) is 29.6 Å². The number of nitrogen functional groups attached to an aromatic ring is 1. The van der Waals surface area contributed by atoms with E-state index in [0.717, 1.165) is 0 Å². The number of fused-ring (bicyclic) bond motifs is 1. The summed E-state index contributed by atoms with van der Waals surface area (Å²) >= 11 is 0. The number of morpholine rings is 1. The fraction of sp³-hybridized carbons (Fsp3) is 0.273. The van der Waals surface area contributed by atoms with Gasteiger partial charge in [0.1, 0.15) is 0 Å². The number of rotatable bonds is 6. The Hall–Kier alpha value is -4.56. The smallest absolute Gasteiger partial charge is 0.260 e. The van der Waals surface area contributed by atoms with Crippen LogP contribution in [-0.2, 0) is 14.3 Å². The van der Waals surface area contributed by atoms with Crippen molar-refractivity contribution in [3.63, 3.8) is 0 Å². The van der Waals surface area contributed by atoms with Crippen LogP contribution in [0.3, 0.4) is 0 Å². The Bertz CT molecular complexity index is 1430. The first-order chi connectivity index (χ1) is 17.3. The minimum Gasteiger partial charge on any atom is -0.480 e. The Kier molecular flexibility index (Phi) is 5.95. The van der Waals surface area contributed by atoms with E-state index in [4.69, 9.17) is 19.7 Å². The first kappa shape index (κ1) is 23.2. The summed E-state index contributed by atoms with van der Waals surface area (Å²) in [6.45, 7) is 1.91. The van der Waals surface area contributed by atoms with Crippen molar-refractivity contribution in [3.8, 4) is 11.6 Å². The number of nitrogens with zero attached hydrogens (tertiary/aromatic N) is 6. The molecule has 0 aliphatic carbocycles. The van der Waals surface area contributed by atoms with Crippen LogP contribution in [0.2, 0.25) is 0 Å². The first-order valence-electron chi connectivity index (χ1n) is 10.9. The molecule has 0 radical (unpaired) electrons. The van der Waals surface area contributed by atoms with E-state index in [1.54, 1.807) is 37.4 Å². The Morgan fingerprint density at radius 3 is 2.97 bits per heavy atom. The molecule has 1 aliphatic heterocycles. The quantitative estimate of drug-likeness (QED) is 0.339. The van der Waals surface area contributed by atoms with Crippen LogP contribution in [0, 0.1) is 0 Å². The van der Waals surface area contributed by atoms with Crippen molar-refractivity contribution in [2.24, 2.45) is 0 Å². The molecule has 3 aromatic heterocycles. The topological polar surface area (TPSA) is 184 Å². The van der Waals surface area contributed by atoms with Crippen LogP contribution < -0.4 is 20.7 Å². The summed E-state index contributed by atoms with van der Waals surface area (Å²) in [5.74, 6) is -0.586. The molecule has 1 saturated heterocycles. The van der Waals surface area contributed by atoms with Crippen LogP contribution in [0.1, 0.15) is 6.92 Å². The number of aliphatic hydroxyl groups is 1. The molecule has 1 unspecified atom stereocenters. The zero-order chi connectivity index (χ0) is 25.4. The van der Waals surface area contributed by atoms with Gasteiger partial charge in [0.05, 0.1) is 37.0 Å². The SMILES string of the molecule is COc1cc(-n2ccc(N3C[C@H](C)O[C@H](C(O)C(=O)Nc4ccc5c(N)noc5c4)C3=O)n2)cnn1. The molecule has 0 bridgehead atoms. The largest absolute Gasteiger partial charge is 0.480 e. The Labute approximate surface area is 203 Å². The number of carbonyl (C=O) groups excluding carboxylic acids is 2. The standard InChI is InChI=1S/C22H22N8O6/c1-11-10-29(16-5-6-30(27-16)13-8-17(34-2)26-24-9-13)22(33)19(35-11)18(31)21(32)25-12-3-4-14-15(7-12)36-28-20(14)23/h3-9,11,18-19,31H,10H2,1-2H3,(H2,23,28)(H,25,32)/t11-,18?,19+/m0/s1. The highest BCUT2D eigenvalue weighted by atomic mass is 16.5. The van der Waals surface area contributed by atoms with E-state index in [-0.39, 0.29) is 12.4 Å². The number of aliphatic hydroxyl groups excluding tert-OH is 1. The molecule has 0 spiro atoms. The Morgan fingerprint density at radius 1 is 1.33 bits per heavy atom. The number of nitrogens with two attached hydrogens (primary N) is 1. The number of hydrogen-bond donors (Lipinski definition) is 3. The number of methoxy groups -OCH3 is 1. The predicted molar refractivity (Wildman–Crippen MR) is 125 cm³/mol. The molecule has 4 N–H and O–H groups in total. The maximum Gasteiger partial charge on any atom is 0.260 e. The molecule has 3 atom stereocenters. The lowest BCUT2D eigenvalue weighted by Crippen LogP contribution is -2.58. The second kappa shape index (κ2) is 9.24. The highest BCUT2D eigenvalue weighted by Gasteiger charge is 2.42. The van der Waals surface area contributed by atoms with Crippen LogP contribution in [0.5, 0.6) is 5.88 Å². The third-order valence-corrected chi connectivity index (χ3v) is 5.59. The summed E-state index contributed by atoms with van der Waals surface area (Å²) in [7, 11) is 1.47. The van der Waals surface area contributed by atoms with Gasteiger partial charge in [-0.2, -0.15) is 5.10 Å². The molecule has 4 aromatic rings. The normalized spacial score (nSPS) is 18.9. The molecular formula is C22H22N8O6. The molecule has 14 heteroatoms. The van der Waals surface area contributed by atoms with Gasteiger partial charge < -0.3 is 30.2 Å². The van der Waals surface area contributed by atoms with Crippen LogP contribution in [0.15, 0.2) is 47.2 Å². The second-order valence-corrected chi connectivity index (χ2v) is 8.10. The van der Waals surface area contributed by atoms with Gasteiger partial charge in [0.2, 0.25) is 5.88 Å². The van der Waals surface area contributed by atoms with Gasteiger partial charge in [-0.25, -0.2) is 4.68 Å². The molecule has 5 rings (SSSR count). The van der Waals surface area contributed by atoms with E-state index in [1.165, 1.54) is 29.0 Å². The first-order valence-corrected chi connectivity index (χ1v) is 10.9. The summed E-state index contributed by atoms with van der Waals surface area (Å²) < 4.78 is 17.3. The monoisotopic (exact) mass is 494 g/mol. The number of amides is 2. The highest BCUT2D eigenvalue weighted by molar-refractivity contribution is 6.04. The van der Waals surface area contributed by atoms with Crippen molar-refractivity contribution >= 4 is 40.1 Å². The van der Waals surface area contributed by atoms with E-state index in [0.29, 0.717) is 34.0 Å². The molecule has 186 valence electrons. The molecule has 36 heavy (non-hydrogen) atoms. The average molecular weight is 494 g/mol. The minimum atomic E-state index is -1.78. The Morgan fingerprint density at radius 2 is 2.17 bits per heavy atom. The number of aromatic nitrogens is 5. The minimum absolute atomic E-state index is 0.183. The third kappa shape index (κ3) is 4.30. The van der Waals surface area contributed by atoms with Gasteiger partial charge >= 0.3 is 0 Å². The summed E-state index contributed by atoms with van der Waals surface area (Å²) in [5.41, 5.74) is 6.97. The lowest BCUT2D eigenvalue weighted by atomic mass is 10.1. The van der Waals surface area contributed by atoms with Crippen LogP contribution in [0.25, 0.3) is 16.7 Å². The van der Waals surface area contributed by atoms with E-state index >= 15 is 0 Å². The fourth-order valence-corrected chi connectivity index (χ4v) is 3.82. The van der Waals surface area contributed by atoms with Crippen molar-refractivity contribution in [1.82, 2.24) is 25.1 Å². The Balaban J connectivity index is 1.32. The zero-order valence-corrected chi connectivity index (χ0v) is 19.2. The number of ether oxygens (including phenoxy) is 2. The summed E-state index contributed by atoms with van der Waals surface area (Å²) in [6, 6.07) is 7.98. The summed E-state index contributed by atoms with van der Waals surface area (Å²) in [5, 5.41) is 29.6. The summed E-state index contributed by atoms with van der Waals surface area (Å²) in [4.78, 5) is 27.4. The molecular weight excluding hydrogens is 472 g/mol. The molecule has 1 aromatic carbocycles. The molecule has 1 fully saturated rings. The van der Waals surface area contributed by atoms with Gasteiger partial charge in [0.25, 0.3) is 11.8 Å². The van der Waals surface area contributed by atoms with Crippen molar-refractivity contribution in [2.45, 2.75) is 25.2 Å². The predicted octanol–water partition coefficient (Wildman–Crippen LogP) is 0.514. The maximum absolute atomic E-state index is 13.2. The van der Waals surface area contributed by atoms with E-state index in [1.807, 2.05) is 0 Å². The van der Waals surface area contributed by atoms with Gasteiger partial charge in [-0.3, -0.25) is 14.5 Å². The van der Waals surface area contributed by atoms with Crippen LogP contribution in [0.4, 0.5) is 17.3 Å². The summed E-state index contributed by atoms with van der Waals surface area (Å²) in [6.07, 6.45) is -0.564. The van der Waals surface area contributed by atoms with E-state index < -0.39 is 30.1 Å². The van der Waals surface area contributed by atoms with Crippen LogP contribution in [-0.4, -0.2) is 74.0 Å². The van der Waals surface area contributed by atoms with Crippen LogP contribution >= 0.6 is 0 Å². The lowest BCUT2D eigenvalue weighted by molar-refractivity contribution is -0.156. The van der Waals surface area contributed by atoms with Gasteiger partial charge in [0, 0.05) is 30.1 Å². The fourth-order valence-electron chi connectivity index (χ4n) is 3.82. The number of benzene rings is 1. The van der Waals surface area contributed by atoms with Gasteiger partial charge in [-0.05, 0) is 19.1 Å². The number of anilines is 3. The molecule has 4 heterocycles. The lowest BCUT2D eigenvalue weighted by Gasteiger charge is -2.36. The van der Waals surface area contributed by atoms with Crippen molar-refractivity contribution in [3.05, 3.63) is 42.7 Å². The number of hydrogen-bond acceptors (Lipinski definition) is 11. The van der Waals surface area contributed by atoms with Gasteiger partial charge in [-0.15, -0.1) is 10.2 Å². The average Bonchev–Trinajstić information content (AvgIpc) is 3.52.